The maximum atomic E-state index is 4.74. The third-order valence-electron chi connectivity index (χ3n) is 6.22. The highest BCUT2D eigenvalue weighted by atomic mass is 79.9. The van der Waals surface area contributed by atoms with Gasteiger partial charge in [-0.2, -0.15) is 15.0 Å². The molecule has 2 aliphatic rings. The summed E-state index contributed by atoms with van der Waals surface area (Å²) >= 11 is 7.12. The Labute approximate surface area is 222 Å². The Morgan fingerprint density at radius 1 is 0.943 bits per heavy atom. The van der Waals surface area contributed by atoms with Crippen molar-refractivity contribution in [2.24, 2.45) is 0 Å². The minimum atomic E-state index is 0.474. The first-order chi connectivity index (χ1) is 17.0. The lowest BCUT2D eigenvalue weighted by atomic mass is 10.2. The minimum absolute atomic E-state index is 0.474. The Balaban J connectivity index is 1.24. The standard InChI is InChI=1S/C23H30Br2N10/c1-14(2)34-7-9-35(10-8-34)23-32-21(31-22(33-23)30-16-3-4-16)27-6-5-26-20-17-11-15(24)12-18(25)19(17)28-13-29-20/h11-14,16H,3-10H2,1-2H3,(H,26,28,29)(H2,27,30,31,32,33). The number of benzene rings is 1. The number of anilines is 4. The van der Waals surface area contributed by atoms with E-state index >= 15 is 0 Å². The van der Waals surface area contributed by atoms with Gasteiger partial charge in [-0.1, -0.05) is 15.9 Å². The van der Waals surface area contributed by atoms with Crippen molar-refractivity contribution in [1.29, 1.82) is 0 Å². The van der Waals surface area contributed by atoms with Crippen LogP contribution in [0.5, 0.6) is 0 Å². The monoisotopic (exact) mass is 604 g/mol. The molecule has 1 aromatic carbocycles. The highest BCUT2D eigenvalue weighted by Crippen LogP contribution is 2.30. The van der Waals surface area contributed by atoms with E-state index in [9.17, 15) is 0 Å². The lowest BCUT2D eigenvalue weighted by Crippen LogP contribution is -2.49. The molecule has 3 aromatic rings. The molecule has 3 heterocycles. The van der Waals surface area contributed by atoms with E-state index < -0.39 is 0 Å². The van der Waals surface area contributed by atoms with Crippen LogP contribution in [0.2, 0.25) is 0 Å². The molecule has 35 heavy (non-hydrogen) atoms. The second kappa shape index (κ2) is 10.8. The summed E-state index contributed by atoms with van der Waals surface area (Å²) in [4.78, 5) is 27.6. The van der Waals surface area contributed by atoms with E-state index in [0.29, 0.717) is 37.1 Å². The summed E-state index contributed by atoms with van der Waals surface area (Å²) in [6.45, 7) is 9.63. The van der Waals surface area contributed by atoms with Crippen molar-refractivity contribution >= 4 is 66.4 Å². The number of nitrogens with zero attached hydrogens (tertiary/aromatic N) is 7. The molecule has 5 rings (SSSR count). The number of hydrogen-bond acceptors (Lipinski definition) is 10. The molecule has 1 aliphatic heterocycles. The molecule has 1 aliphatic carbocycles. The van der Waals surface area contributed by atoms with E-state index in [1.165, 1.54) is 12.8 Å². The molecule has 0 spiro atoms. The Hall–Kier alpha value is -2.31. The predicted octanol–water partition coefficient (Wildman–Crippen LogP) is 3.97. The summed E-state index contributed by atoms with van der Waals surface area (Å²) in [6, 6.07) is 5.03. The van der Waals surface area contributed by atoms with Crippen LogP contribution in [0.25, 0.3) is 10.9 Å². The molecular formula is C23H30Br2N10. The van der Waals surface area contributed by atoms with Crippen LogP contribution >= 0.6 is 31.9 Å². The molecule has 3 N–H and O–H groups in total. The van der Waals surface area contributed by atoms with Gasteiger partial charge < -0.3 is 20.9 Å². The number of hydrogen-bond donors (Lipinski definition) is 3. The minimum Gasteiger partial charge on any atom is -0.368 e. The molecule has 0 bridgehead atoms. The van der Waals surface area contributed by atoms with Gasteiger partial charge in [-0.25, -0.2) is 9.97 Å². The van der Waals surface area contributed by atoms with Crippen LogP contribution in [0.15, 0.2) is 27.4 Å². The number of rotatable bonds is 9. The second-order valence-corrected chi connectivity index (χ2v) is 10.9. The van der Waals surface area contributed by atoms with Crippen molar-refractivity contribution in [2.45, 2.75) is 38.8 Å². The van der Waals surface area contributed by atoms with Crippen molar-refractivity contribution < 1.29 is 0 Å². The van der Waals surface area contributed by atoms with Gasteiger partial charge in [0.2, 0.25) is 17.8 Å². The van der Waals surface area contributed by atoms with Crippen LogP contribution in [-0.2, 0) is 0 Å². The van der Waals surface area contributed by atoms with Gasteiger partial charge in [-0.15, -0.1) is 0 Å². The largest absolute Gasteiger partial charge is 0.368 e. The first kappa shape index (κ1) is 24.4. The lowest BCUT2D eigenvalue weighted by molar-refractivity contribution is 0.208. The average Bonchev–Trinajstić information content (AvgIpc) is 3.66. The lowest BCUT2D eigenvalue weighted by Gasteiger charge is -2.36. The molecule has 1 saturated heterocycles. The molecule has 10 nitrogen and oxygen atoms in total. The van der Waals surface area contributed by atoms with E-state index in [2.05, 4.69) is 86.4 Å². The summed E-state index contributed by atoms with van der Waals surface area (Å²) in [7, 11) is 0. The van der Waals surface area contributed by atoms with Gasteiger partial charge in [0.05, 0.1) is 5.52 Å². The van der Waals surface area contributed by atoms with Gasteiger partial charge in [0, 0.05) is 65.7 Å². The van der Waals surface area contributed by atoms with Crippen LogP contribution < -0.4 is 20.9 Å². The van der Waals surface area contributed by atoms with Crippen molar-refractivity contribution in [3.63, 3.8) is 0 Å². The smallest absolute Gasteiger partial charge is 0.232 e. The molecule has 12 heteroatoms. The molecule has 1 saturated carbocycles. The highest BCUT2D eigenvalue weighted by molar-refractivity contribution is 9.11. The summed E-state index contributed by atoms with van der Waals surface area (Å²) in [5.41, 5.74) is 0.870. The molecular weight excluding hydrogens is 576 g/mol. The van der Waals surface area contributed by atoms with Crippen LogP contribution in [0, 0.1) is 0 Å². The van der Waals surface area contributed by atoms with Gasteiger partial charge in [0.15, 0.2) is 0 Å². The van der Waals surface area contributed by atoms with Crippen LogP contribution in [0.1, 0.15) is 26.7 Å². The van der Waals surface area contributed by atoms with Crippen molar-refractivity contribution in [3.05, 3.63) is 27.4 Å². The first-order valence-corrected chi connectivity index (χ1v) is 13.6. The number of nitrogens with one attached hydrogen (secondary N) is 3. The first-order valence-electron chi connectivity index (χ1n) is 12.1. The number of piperazine rings is 1. The molecule has 0 unspecified atom stereocenters. The van der Waals surface area contributed by atoms with E-state index in [1.807, 2.05) is 12.1 Å². The molecule has 186 valence electrons. The Kier molecular flexibility index (Phi) is 7.49. The fourth-order valence-electron chi connectivity index (χ4n) is 4.09. The van der Waals surface area contributed by atoms with Crippen LogP contribution in [0.4, 0.5) is 23.7 Å². The highest BCUT2D eigenvalue weighted by Gasteiger charge is 2.25. The van der Waals surface area contributed by atoms with Crippen molar-refractivity contribution in [1.82, 2.24) is 29.8 Å². The quantitative estimate of drug-likeness (QED) is 0.310. The number of halogens is 2. The van der Waals surface area contributed by atoms with Gasteiger partial charge in [-0.3, -0.25) is 4.90 Å². The van der Waals surface area contributed by atoms with Gasteiger partial charge in [0.25, 0.3) is 0 Å². The number of fused-ring (bicyclic) bond motifs is 1. The normalized spacial score (nSPS) is 16.7. The van der Waals surface area contributed by atoms with Crippen molar-refractivity contribution in [2.75, 3.05) is 60.1 Å². The van der Waals surface area contributed by atoms with E-state index in [-0.39, 0.29) is 0 Å². The van der Waals surface area contributed by atoms with E-state index in [0.717, 1.165) is 57.8 Å². The Bertz CT molecular complexity index is 1180. The third-order valence-corrected chi connectivity index (χ3v) is 7.28. The molecule has 0 radical (unpaired) electrons. The van der Waals surface area contributed by atoms with E-state index in [1.54, 1.807) is 6.33 Å². The average molecular weight is 606 g/mol. The van der Waals surface area contributed by atoms with E-state index in [4.69, 9.17) is 9.97 Å². The van der Waals surface area contributed by atoms with Gasteiger partial charge >= 0.3 is 0 Å². The van der Waals surface area contributed by atoms with Gasteiger partial charge in [0.1, 0.15) is 12.1 Å². The summed E-state index contributed by atoms with van der Waals surface area (Å²) in [5, 5.41) is 11.1. The maximum Gasteiger partial charge on any atom is 0.232 e. The third kappa shape index (κ3) is 6.10. The predicted molar refractivity (Wildman–Crippen MR) is 147 cm³/mol. The Morgan fingerprint density at radius 3 is 2.43 bits per heavy atom. The maximum absolute atomic E-state index is 4.74. The molecule has 2 fully saturated rings. The summed E-state index contributed by atoms with van der Waals surface area (Å²) in [6.07, 6.45) is 3.91. The molecule has 0 amide bonds. The van der Waals surface area contributed by atoms with Gasteiger partial charge in [-0.05, 0) is 54.8 Å². The zero-order valence-corrected chi connectivity index (χ0v) is 23.1. The SMILES string of the molecule is CC(C)N1CCN(c2nc(NCCNc3ncnc4c(Br)cc(Br)cc34)nc(NC3CC3)n2)CC1. The fraction of sp³-hybridized carbons (Fsp3) is 0.522. The molecule has 0 atom stereocenters. The zero-order chi connectivity index (χ0) is 24.4. The Morgan fingerprint density at radius 2 is 1.69 bits per heavy atom. The zero-order valence-electron chi connectivity index (χ0n) is 19.9. The fourth-order valence-corrected chi connectivity index (χ4v) is 5.41. The number of aromatic nitrogens is 5. The van der Waals surface area contributed by atoms with Crippen molar-refractivity contribution in [3.8, 4) is 0 Å². The second-order valence-electron chi connectivity index (χ2n) is 9.18. The summed E-state index contributed by atoms with van der Waals surface area (Å²) in [5.74, 6) is 2.76. The van der Waals surface area contributed by atoms with Crippen LogP contribution in [0.3, 0.4) is 0 Å². The van der Waals surface area contributed by atoms with Crippen LogP contribution in [-0.4, -0.2) is 81.2 Å². The topological polar surface area (TPSA) is 107 Å². The summed E-state index contributed by atoms with van der Waals surface area (Å²) < 4.78 is 1.89. The molecule has 2 aromatic heterocycles.